The minimum Gasteiger partial charge on any atom is -0.378 e. The van der Waals surface area contributed by atoms with E-state index in [0.29, 0.717) is 13.1 Å². The molecule has 1 aromatic carbocycles. The molecule has 1 aromatic rings. The number of halogens is 3. The van der Waals surface area contributed by atoms with Gasteiger partial charge in [0.2, 0.25) is 0 Å². The van der Waals surface area contributed by atoms with Crippen molar-refractivity contribution < 1.29 is 18.3 Å². The van der Waals surface area contributed by atoms with E-state index in [4.69, 9.17) is 16.3 Å². The normalized spacial score (nSPS) is 22.5. The Hall–Kier alpha value is -1.24. The third-order valence-electron chi connectivity index (χ3n) is 3.03. The van der Waals surface area contributed by atoms with Crippen LogP contribution in [0.4, 0.5) is 8.78 Å². The van der Waals surface area contributed by atoms with Crippen molar-refractivity contribution in [1.82, 2.24) is 10.6 Å². The summed E-state index contributed by atoms with van der Waals surface area (Å²) < 4.78 is 31.2. The van der Waals surface area contributed by atoms with Crippen molar-refractivity contribution in [3.63, 3.8) is 0 Å². The second-order valence-corrected chi connectivity index (χ2v) is 4.67. The van der Waals surface area contributed by atoms with Gasteiger partial charge in [-0.25, -0.2) is 8.78 Å². The summed E-state index contributed by atoms with van der Waals surface area (Å²) in [7, 11) is 1.54. The average molecular weight is 291 g/mol. The molecule has 0 spiro atoms. The van der Waals surface area contributed by atoms with Gasteiger partial charge in [0.25, 0.3) is 5.91 Å². The second kappa shape index (κ2) is 5.81. The Morgan fingerprint density at radius 3 is 2.79 bits per heavy atom. The molecule has 2 rings (SSSR count). The number of methoxy groups -OCH3 is 1. The molecule has 7 heteroatoms. The van der Waals surface area contributed by atoms with Crippen molar-refractivity contribution in [2.24, 2.45) is 0 Å². The zero-order valence-corrected chi connectivity index (χ0v) is 10.9. The Kier molecular flexibility index (Phi) is 4.34. The molecular weight excluding hydrogens is 278 g/mol. The molecule has 104 valence electrons. The SMILES string of the molecule is CO[C@H]1CNC[C@@H]1NC(=O)c1cc(F)c(F)cc1Cl. The molecule has 1 fully saturated rings. The van der Waals surface area contributed by atoms with E-state index in [1.54, 1.807) is 7.11 Å². The summed E-state index contributed by atoms with van der Waals surface area (Å²) in [6.45, 7) is 1.17. The van der Waals surface area contributed by atoms with E-state index >= 15 is 0 Å². The molecule has 1 aliphatic rings. The van der Waals surface area contributed by atoms with Crippen LogP contribution in [0.1, 0.15) is 10.4 Å². The first-order valence-corrected chi connectivity index (χ1v) is 6.09. The molecule has 1 amide bonds. The van der Waals surface area contributed by atoms with Gasteiger partial charge in [0.05, 0.1) is 22.7 Å². The average Bonchev–Trinajstić information content (AvgIpc) is 2.80. The number of carbonyl (C=O) groups is 1. The van der Waals surface area contributed by atoms with Gasteiger partial charge < -0.3 is 15.4 Å². The van der Waals surface area contributed by atoms with Crippen LogP contribution in [0.3, 0.4) is 0 Å². The maximum atomic E-state index is 13.1. The molecule has 0 unspecified atom stereocenters. The van der Waals surface area contributed by atoms with E-state index in [-0.39, 0.29) is 22.7 Å². The molecule has 4 nitrogen and oxygen atoms in total. The summed E-state index contributed by atoms with van der Waals surface area (Å²) >= 11 is 5.74. The predicted molar refractivity (Wildman–Crippen MR) is 66.3 cm³/mol. The highest BCUT2D eigenvalue weighted by molar-refractivity contribution is 6.33. The largest absolute Gasteiger partial charge is 0.378 e. The van der Waals surface area contributed by atoms with Gasteiger partial charge in [-0.3, -0.25) is 4.79 Å². The zero-order chi connectivity index (χ0) is 14.0. The van der Waals surface area contributed by atoms with E-state index in [2.05, 4.69) is 10.6 Å². The van der Waals surface area contributed by atoms with Crippen LogP contribution in [-0.2, 0) is 4.74 Å². The summed E-state index contributed by atoms with van der Waals surface area (Å²) in [5, 5.41) is 5.61. The fourth-order valence-corrected chi connectivity index (χ4v) is 2.23. The van der Waals surface area contributed by atoms with Gasteiger partial charge >= 0.3 is 0 Å². The first-order chi connectivity index (χ1) is 9.02. The monoisotopic (exact) mass is 290 g/mol. The maximum absolute atomic E-state index is 13.1. The highest BCUT2D eigenvalue weighted by Gasteiger charge is 2.29. The summed E-state index contributed by atoms with van der Waals surface area (Å²) in [6.07, 6.45) is -0.159. The smallest absolute Gasteiger partial charge is 0.253 e. The van der Waals surface area contributed by atoms with Crippen molar-refractivity contribution in [3.05, 3.63) is 34.4 Å². The van der Waals surface area contributed by atoms with Crippen molar-refractivity contribution in [2.45, 2.75) is 12.1 Å². The quantitative estimate of drug-likeness (QED) is 0.826. The summed E-state index contributed by atoms with van der Waals surface area (Å²) in [5.74, 6) is -2.75. The predicted octanol–water partition coefficient (Wildman–Crippen LogP) is 1.33. The molecule has 2 atom stereocenters. The fourth-order valence-electron chi connectivity index (χ4n) is 1.99. The lowest BCUT2D eigenvalue weighted by Crippen LogP contribution is -2.43. The summed E-state index contributed by atoms with van der Waals surface area (Å²) in [6, 6.07) is 1.34. The highest BCUT2D eigenvalue weighted by atomic mass is 35.5. The van der Waals surface area contributed by atoms with Gasteiger partial charge in [-0.15, -0.1) is 0 Å². The standard InChI is InChI=1S/C12H13ClF2N2O2/c1-19-11-5-16-4-10(11)17-12(18)6-2-8(14)9(15)3-7(6)13/h2-3,10-11,16H,4-5H2,1H3,(H,17,18)/t10-,11-/m0/s1. The lowest BCUT2D eigenvalue weighted by atomic mass is 10.1. The minimum absolute atomic E-state index is 0.0951. The van der Waals surface area contributed by atoms with Crippen LogP contribution in [-0.4, -0.2) is 38.3 Å². The number of amides is 1. The molecule has 0 aliphatic carbocycles. The number of hydrogen-bond donors (Lipinski definition) is 2. The Morgan fingerprint density at radius 1 is 1.42 bits per heavy atom. The van der Waals surface area contributed by atoms with Crippen LogP contribution < -0.4 is 10.6 Å². The molecule has 2 N–H and O–H groups in total. The molecule has 1 saturated heterocycles. The maximum Gasteiger partial charge on any atom is 0.253 e. The fraction of sp³-hybridized carbons (Fsp3) is 0.417. The number of benzene rings is 1. The Bertz CT molecular complexity index is 499. The molecule has 1 heterocycles. The van der Waals surface area contributed by atoms with Crippen molar-refractivity contribution in [2.75, 3.05) is 20.2 Å². The minimum atomic E-state index is -1.11. The van der Waals surface area contributed by atoms with Gasteiger partial charge in [-0.2, -0.15) is 0 Å². The summed E-state index contributed by atoms with van der Waals surface area (Å²) in [4.78, 5) is 12.0. The first kappa shape index (κ1) is 14.2. The van der Waals surface area contributed by atoms with Crippen molar-refractivity contribution in [3.8, 4) is 0 Å². The van der Waals surface area contributed by atoms with Crippen LogP contribution in [0.15, 0.2) is 12.1 Å². The molecule has 0 radical (unpaired) electrons. The zero-order valence-electron chi connectivity index (χ0n) is 10.2. The van der Waals surface area contributed by atoms with E-state index in [9.17, 15) is 13.6 Å². The van der Waals surface area contributed by atoms with Gasteiger partial charge in [0.15, 0.2) is 11.6 Å². The Labute approximate surface area is 114 Å². The molecule has 0 aromatic heterocycles. The second-order valence-electron chi connectivity index (χ2n) is 4.26. The number of ether oxygens (including phenoxy) is 1. The topological polar surface area (TPSA) is 50.4 Å². The first-order valence-electron chi connectivity index (χ1n) is 5.72. The number of nitrogens with one attached hydrogen (secondary N) is 2. The lowest BCUT2D eigenvalue weighted by Gasteiger charge is -2.18. The van der Waals surface area contributed by atoms with Crippen LogP contribution >= 0.6 is 11.6 Å². The van der Waals surface area contributed by atoms with E-state index in [1.165, 1.54) is 0 Å². The van der Waals surface area contributed by atoms with Gasteiger partial charge in [-0.1, -0.05) is 11.6 Å². The van der Waals surface area contributed by atoms with Crippen molar-refractivity contribution in [1.29, 1.82) is 0 Å². The van der Waals surface area contributed by atoms with Crippen LogP contribution in [0, 0.1) is 11.6 Å². The molecule has 1 aliphatic heterocycles. The van der Waals surface area contributed by atoms with Gasteiger partial charge in [0, 0.05) is 20.2 Å². The van der Waals surface area contributed by atoms with Gasteiger partial charge in [-0.05, 0) is 12.1 Å². The van der Waals surface area contributed by atoms with Crippen LogP contribution in [0.2, 0.25) is 5.02 Å². The van der Waals surface area contributed by atoms with Gasteiger partial charge in [0.1, 0.15) is 0 Å². The Balaban J connectivity index is 2.14. The van der Waals surface area contributed by atoms with Crippen LogP contribution in [0.5, 0.6) is 0 Å². The molecular formula is C12H13ClF2N2O2. The third kappa shape index (κ3) is 3.02. The van der Waals surface area contributed by atoms with Crippen molar-refractivity contribution >= 4 is 17.5 Å². The van der Waals surface area contributed by atoms with E-state index in [0.717, 1.165) is 12.1 Å². The molecule has 0 saturated carbocycles. The molecule has 0 bridgehead atoms. The lowest BCUT2D eigenvalue weighted by molar-refractivity contribution is 0.0779. The third-order valence-corrected chi connectivity index (χ3v) is 3.35. The van der Waals surface area contributed by atoms with Crippen LogP contribution in [0.25, 0.3) is 0 Å². The summed E-state index contributed by atoms with van der Waals surface area (Å²) in [5.41, 5.74) is -0.0951. The van der Waals surface area contributed by atoms with E-state index in [1.807, 2.05) is 0 Å². The number of rotatable bonds is 3. The highest BCUT2D eigenvalue weighted by Crippen LogP contribution is 2.20. The number of hydrogen-bond acceptors (Lipinski definition) is 3. The molecule has 19 heavy (non-hydrogen) atoms. The Morgan fingerprint density at radius 2 is 2.11 bits per heavy atom. The number of carbonyl (C=O) groups excluding carboxylic acids is 1. The van der Waals surface area contributed by atoms with E-state index < -0.39 is 17.5 Å².